The SMILES string of the molecule is O=C(O)C1C2CC1N(S(=O)(=O)C(F)F)C2. The van der Waals surface area contributed by atoms with Gasteiger partial charge in [0.25, 0.3) is 10.0 Å². The molecule has 2 heterocycles. The number of sulfonamides is 1. The van der Waals surface area contributed by atoms with Crippen LogP contribution < -0.4 is 0 Å². The van der Waals surface area contributed by atoms with Gasteiger partial charge in [-0.3, -0.25) is 4.79 Å². The molecule has 1 aliphatic carbocycles. The molecule has 0 aromatic rings. The number of hydrogen-bond acceptors (Lipinski definition) is 3. The lowest BCUT2D eigenvalue weighted by atomic mass is 9.74. The smallest absolute Gasteiger partial charge is 0.350 e. The number of carbonyl (C=O) groups is 1. The first-order valence-electron chi connectivity index (χ1n) is 4.37. The maximum absolute atomic E-state index is 12.2. The third-order valence-corrected chi connectivity index (χ3v) is 4.61. The van der Waals surface area contributed by atoms with E-state index in [0.717, 1.165) is 0 Å². The number of alkyl halides is 2. The van der Waals surface area contributed by atoms with Crippen LogP contribution in [0.25, 0.3) is 0 Å². The van der Waals surface area contributed by atoms with Gasteiger partial charge in [0, 0.05) is 12.6 Å². The zero-order valence-corrected chi connectivity index (χ0v) is 8.32. The van der Waals surface area contributed by atoms with Gasteiger partial charge in [0.1, 0.15) is 0 Å². The van der Waals surface area contributed by atoms with Crippen molar-refractivity contribution in [1.29, 1.82) is 0 Å². The third kappa shape index (κ3) is 1.35. The van der Waals surface area contributed by atoms with Gasteiger partial charge in [0.2, 0.25) is 0 Å². The van der Waals surface area contributed by atoms with Crippen molar-refractivity contribution in [2.45, 2.75) is 18.2 Å². The van der Waals surface area contributed by atoms with Crippen LogP contribution in [-0.4, -0.2) is 42.1 Å². The highest BCUT2D eigenvalue weighted by atomic mass is 32.2. The van der Waals surface area contributed by atoms with Crippen molar-refractivity contribution in [3.63, 3.8) is 0 Å². The minimum atomic E-state index is -4.61. The average Bonchev–Trinajstić information content (AvgIpc) is 2.57. The van der Waals surface area contributed by atoms with E-state index in [0.29, 0.717) is 10.7 Å². The molecule has 2 saturated heterocycles. The predicted molar refractivity (Wildman–Crippen MR) is 44.7 cm³/mol. The minimum Gasteiger partial charge on any atom is -0.481 e. The van der Waals surface area contributed by atoms with Gasteiger partial charge in [0.15, 0.2) is 0 Å². The summed E-state index contributed by atoms with van der Waals surface area (Å²) in [5.74, 6) is -5.69. The number of carboxylic acids is 1. The molecule has 3 fully saturated rings. The molecule has 0 aromatic heterocycles. The van der Waals surface area contributed by atoms with E-state index in [2.05, 4.69) is 0 Å². The van der Waals surface area contributed by atoms with E-state index >= 15 is 0 Å². The lowest BCUT2D eigenvalue weighted by molar-refractivity contribution is -0.147. The maximum atomic E-state index is 12.2. The second-order valence-corrected chi connectivity index (χ2v) is 5.66. The summed E-state index contributed by atoms with van der Waals surface area (Å²) in [5, 5.41) is 8.73. The highest BCUT2D eigenvalue weighted by molar-refractivity contribution is 7.89. The molecule has 2 aliphatic heterocycles. The molecule has 1 N–H and O–H groups in total. The van der Waals surface area contributed by atoms with Crippen LogP contribution in [0.4, 0.5) is 8.78 Å². The number of fused-ring (bicyclic) bond motifs is 1. The lowest BCUT2D eigenvalue weighted by Gasteiger charge is -2.32. The molecule has 1 saturated carbocycles. The maximum Gasteiger partial charge on any atom is 0.350 e. The normalized spacial score (nSPS) is 35.5. The van der Waals surface area contributed by atoms with Crippen LogP contribution in [0, 0.1) is 11.8 Å². The molecule has 0 radical (unpaired) electrons. The molecule has 3 aliphatic rings. The molecule has 3 rings (SSSR count). The standard InChI is InChI=1S/C7H9F2NO4S/c8-7(9)15(13,14)10-2-3-1-4(10)5(3)6(11)12/h3-5,7H,1-2H2,(H,11,12). The van der Waals surface area contributed by atoms with Crippen LogP contribution in [0.1, 0.15) is 6.42 Å². The number of carboxylic acid groups (broad SMARTS) is 1. The molecule has 0 amide bonds. The summed E-state index contributed by atoms with van der Waals surface area (Å²) in [6, 6.07) is -0.772. The van der Waals surface area contributed by atoms with E-state index < -0.39 is 33.7 Å². The second kappa shape index (κ2) is 3.11. The zero-order valence-electron chi connectivity index (χ0n) is 7.51. The van der Waals surface area contributed by atoms with Gasteiger partial charge in [0.05, 0.1) is 5.92 Å². The fourth-order valence-electron chi connectivity index (χ4n) is 2.33. The molecule has 86 valence electrons. The van der Waals surface area contributed by atoms with Gasteiger partial charge in [-0.15, -0.1) is 0 Å². The van der Waals surface area contributed by atoms with Gasteiger partial charge in [-0.05, 0) is 12.3 Å². The largest absolute Gasteiger partial charge is 0.481 e. The molecule has 15 heavy (non-hydrogen) atoms. The Labute approximate surface area is 84.7 Å². The van der Waals surface area contributed by atoms with Crippen LogP contribution >= 0.6 is 0 Å². The van der Waals surface area contributed by atoms with Gasteiger partial charge < -0.3 is 5.11 Å². The predicted octanol–water partition coefficient (Wildman–Crippen LogP) is -0.0563. The van der Waals surface area contributed by atoms with Gasteiger partial charge >= 0.3 is 11.7 Å². The van der Waals surface area contributed by atoms with Crippen molar-refractivity contribution in [3.8, 4) is 0 Å². The van der Waals surface area contributed by atoms with E-state index in [-0.39, 0.29) is 12.5 Å². The monoisotopic (exact) mass is 241 g/mol. The van der Waals surface area contributed by atoms with E-state index in [9.17, 15) is 22.0 Å². The summed E-state index contributed by atoms with van der Waals surface area (Å²) >= 11 is 0. The zero-order chi connectivity index (χ0) is 11.4. The Bertz CT molecular complexity index is 396. The Morgan fingerprint density at radius 2 is 2.07 bits per heavy atom. The molecule has 3 unspecified atom stereocenters. The Morgan fingerprint density at radius 3 is 2.47 bits per heavy atom. The Balaban J connectivity index is 2.21. The summed E-state index contributed by atoms with van der Waals surface area (Å²) in [5.41, 5.74) is 0. The fourth-order valence-corrected chi connectivity index (χ4v) is 3.53. The molecule has 8 heteroatoms. The van der Waals surface area contributed by atoms with Crippen molar-refractivity contribution in [2.75, 3.05) is 6.54 Å². The van der Waals surface area contributed by atoms with E-state index in [1.54, 1.807) is 0 Å². The van der Waals surface area contributed by atoms with Crippen molar-refractivity contribution in [3.05, 3.63) is 0 Å². The highest BCUT2D eigenvalue weighted by Crippen LogP contribution is 2.48. The van der Waals surface area contributed by atoms with E-state index in [4.69, 9.17) is 5.11 Å². The van der Waals surface area contributed by atoms with Crippen molar-refractivity contribution < 1.29 is 27.1 Å². The molecule has 5 nitrogen and oxygen atoms in total. The molecule has 0 spiro atoms. The number of nitrogens with zero attached hydrogens (tertiary/aromatic N) is 1. The van der Waals surface area contributed by atoms with Crippen LogP contribution in [0.5, 0.6) is 0 Å². The Hall–Kier alpha value is -0.760. The fraction of sp³-hybridized carbons (Fsp3) is 0.857. The Morgan fingerprint density at radius 1 is 1.47 bits per heavy atom. The summed E-state index contributed by atoms with van der Waals surface area (Å²) in [6.07, 6.45) is 0.378. The van der Waals surface area contributed by atoms with Crippen LogP contribution in [0.3, 0.4) is 0 Å². The van der Waals surface area contributed by atoms with Crippen molar-refractivity contribution >= 4 is 16.0 Å². The molecule has 2 bridgehead atoms. The number of aliphatic carboxylic acids is 1. The van der Waals surface area contributed by atoms with Gasteiger partial charge in [-0.1, -0.05) is 0 Å². The van der Waals surface area contributed by atoms with Crippen LogP contribution in [0.2, 0.25) is 0 Å². The highest BCUT2D eigenvalue weighted by Gasteiger charge is 2.60. The quantitative estimate of drug-likeness (QED) is 0.751. The number of rotatable bonds is 3. The van der Waals surface area contributed by atoms with Gasteiger partial charge in [-0.25, -0.2) is 8.42 Å². The number of halogens is 2. The summed E-state index contributed by atoms with van der Waals surface area (Å²) < 4.78 is 47.3. The molecular weight excluding hydrogens is 232 g/mol. The lowest BCUT2D eigenvalue weighted by Crippen LogP contribution is -2.46. The van der Waals surface area contributed by atoms with Gasteiger partial charge in [-0.2, -0.15) is 13.1 Å². The summed E-state index contributed by atoms with van der Waals surface area (Å²) in [6.45, 7) is -0.0890. The summed E-state index contributed by atoms with van der Waals surface area (Å²) in [7, 11) is -4.61. The molecular formula is C7H9F2NO4S. The van der Waals surface area contributed by atoms with Crippen LogP contribution in [-0.2, 0) is 14.8 Å². The van der Waals surface area contributed by atoms with Crippen molar-refractivity contribution in [2.24, 2.45) is 11.8 Å². The van der Waals surface area contributed by atoms with E-state index in [1.165, 1.54) is 0 Å². The molecule has 3 atom stereocenters. The topological polar surface area (TPSA) is 74.7 Å². The third-order valence-electron chi connectivity index (χ3n) is 3.09. The van der Waals surface area contributed by atoms with Crippen molar-refractivity contribution in [1.82, 2.24) is 4.31 Å². The average molecular weight is 241 g/mol. The molecule has 0 aromatic carbocycles. The first kappa shape index (κ1) is 10.7. The number of hydrogen-bond donors (Lipinski definition) is 1. The Kier molecular flexibility index (Phi) is 2.23. The minimum absolute atomic E-state index is 0.0890. The van der Waals surface area contributed by atoms with E-state index in [1.807, 2.05) is 0 Å². The first-order chi connectivity index (χ1) is 6.85. The van der Waals surface area contributed by atoms with Crippen LogP contribution in [0.15, 0.2) is 0 Å². The summed E-state index contributed by atoms with van der Waals surface area (Å²) in [4.78, 5) is 10.7. The second-order valence-electron chi connectivity index (χ2n) is 3.80. The first-order valence-corrected chi connectivity index (χ1v) is 5.87.